The molecule has 0 saturated heterocycles. The second-order valence-corrected chi connectivity index (χ2v) is 14.8. The van der Waals surface area contributed by atoms with Crippen molar-refractivity contribution in [1.29, 1.82) is 0 Å². The average Bonchev–Trinajstić information content (AvgIpc) is 3.55. The fraction of sp³-hybridized carbons (Fsp3) is 0. The summed E-state index contributed by atoms with van der Waals surface area (Å²) in [4.78, 5) is 0. The van der Waals surface area contributed by atoms with Crippen molar-refractivity contribution in [1.82, 2.24) is 0 Å². The minimum absolute atomic E-state index is 1.22. The van der Waals surface area contributed by atoms with Crippen molar-refractivity contribution in [2.45, 2.75) is 0 Å². The maximum Gasteiger partial charge on any atom is -0.00137 e. The monoisotopic (exact) mass is 680 g/mol. The van der Waals surface area contributed by atoms with Gasteiger partial charge in [-0.05, 0) is 151 Å². The van der Waals surface area contributed by atoms with Gasteiger partial charge in [0.15, 0.2) is 0 Å². The molecule has 0 atom stereocenters. The standard InChI is InChI=1S/C54H32/c1-5-14-33(15-6-1)41-29-46-47(30-42(41)34-16-7-2-8-17-34)52(36-20-11-4-12-21-36)49-32-44-43(31-48(49)51(46)35-18-9-3-10-19-35)40-27-26-38-25-24-37-22-13-23-39-28-45(44)54(40)53(38)50(37)39/h1-32H. The van der Waals surface area contributed by atoms with Crippen molar-refractivity contribution in [3.05, 3.63) is 194 Å². The predicted octanol–water partition coefficient (Wildman–Crippen LogP) is 15.2. The Labute approximate surface area is 313 Å². The van der Waals surface area contributed by atoms with Gasteiger partial charge in [-0.3, -0.25) is 0 Å². The molecule has 0 spiro atoms. The summed E-state index contributed by atoms with van der Waals surface area (Å²) in [7, 11) is 0. The fourth-order valence-corrected chi connectivity index (χ4v) is 9.59. The molecule has 11 aromatic rings. The van der Waals surface area contributed by atoms with Gasteiger partial charge >= 0.3 is 0 Å². The molecule has 0 N–H and O–H groups in total. The maximum absolute atomic E-state index is 2.53. The summed E-state index contributed by atoms with van der Waals surface area (Å²) in [5.41, 5.74) is 15.2. The van der Waals surface area contributed by atoms with Crippen LogP contribution in [0, 0.1) is 0 Å². The summed E-state index contributed by atoms with van der Waals surface area (Å²) in [6.07, 6.45) is 0. The lowest BCUT2D eigenvalue weighted by Gasteiger charge is -2.22. The van der Waals surface area contributed by atoms with E-state index < -0.39 is 0 Å². The largest absolute Gasteiger partial charge is 0.0622 e. The Balaban J connectivity index is 1.29. The van der Waals surface area contributed by atoms with E-state index in [1.54, 1.807) is 0 Å². The van der Waals surface area contributed by atoms with Crippen molar-refractivity contribution >= 4 is 53.9 Å². The Bertz CT molecular complexity index is 3270. The first-order chi connectivity index (χ1) is 26.8. The third kappa shape index (κ3) is 4.14. The van der Waals surface area contributed by atoms with Crippen LogP contribution in [0.5, 0.6) is 0 Å². The molecule has 0 unspecified atom stereocenters. The van der Waals surface area contributed by atoms with E-state index in [0.717, 1.165) is 0 Å². The van der Waals surface area contributed by atoms with Gasteiger partial charge in [0.1, 0.15) is 0 Å². The van der Waals surface area contributed by atoms with Crippen molar-refractivity contribution < 1.29 is 0 Å². The number of fused-ring (bicyclic) bond motifs is 5. The molecule has 0 heteroatoms. The first kappa shape index (κ1) is 29.5. The Morgan fingerprint density at radius 3 is 1.13 bits per heavy atom. The number of hydrogen-bond donors (Lipinski definition) is 0. The number of rotatable bonds is 4. The molecule has 0 amide bonds. The molecule has 11 aromatic carbocycles. The number of benzene rings is 11. The highest BCUT2D eigenvalue weighted by molar-refractivity contribution is 6.33. The molecule has 248 valence electrons. The van der Waals surface area contributed by atoms with E-state index in [4.69, 9.17) is 0 Å². The molecule has 0 nitrogen and oxygen atoms in total. The highest BCUT2D eigenvalue weighted by atomic mass is 14.3. The normalized spacial score (nSPS) is 12.1. The second kappa shape index (κ2) is 11.2. The Morgan fingerprint density at radius 1 is 0.204 bits per heavy atom. The summed E-state index contributed by atoms with van der Waals surface area (Å²) < 4.78 is 0. The van der Waals surface area contributed by atoms with Crippen molar-refractivity contribution in [3.63, 3.8) is 0 Å². The van der Waals surface area contributed by atoms with E-state index >= 15 is 0 Å². The van der Waals surface area contributed by atoms with E-state index in [0.29, 0.717) is 0 Å². The molecule has 0 radical (unpaired) electrons. The van der Waals surface area contributed by atoms with Crippen LogP contribution >= 0.6 is 0 Å². The van der Waals surface area contributed by atoms with Gasteiger partial charge < -0.3 is 0 Å². The summed E-state index contributed by atoms with van der Waals surface area (Å²) >= 11 is 0. The molecule has 12 rings (SSSR count). The van der Waals surface area contributed by atoms with Crippen LogP contribution in [0.1, 0.15) is 0 Å². The molecule has 0 saturated carbocycles. The van der Waals surface area contributed by atoms with Crippen molar-refractivity contribution in [2.75, 3.05) is 0 Å². The van der Waals surface area contributed by atoms with Gasteiger partial charge in [-0.1, -0.05) is 164 Å². The highest BCUT2D eigenvalue weighted by Crippen LogP contribution is 2.55. The zero-order valence-corrected chi connectivity index (χ0v) is 29.5. The molecule has 0 aromatic heterocycles. The van der Waals surface area contributed by atoms with Gasteiger partial charge in [-0.2, -0.15) is 0 Å². The molecular weight excluding hydrogens is 649 g/mol. The van der Waals surface area contributed by atoms with Gasteiger partial charge in [-0.25, -0.2) is 0 Å². The SMILES string of the molecule is c1ccc(-c2cc3c(-c4ccccc4)c4cc5c(cc4c(-c4ccccc4)c3cc2-c2ccccc2)-c2cc3cccc4ccc6ccc-5c2c6c43)cc1. The first-order valence-electron chi connectivity index (χ1n) is 18.8. The van der Waals surface area contributed by atoms with E-state index in [2.05, 4.69) is 194 Å². The van der Waals surface area contributed by atoms with Gasteiger partial charge in [0.2, 0.25) is 0 Å². The Kier molecular flexibility index (Phi) is 6.15. The van der Waals surface area contributed by atoms with Crippen LogP contribution in [-0.4, -0.2) is 0 Å². The topological polar surface area (TPSA) is 0 Å². The average molecular weight is 681 g/mol. The summed E-state index contributed by atoms with van der Waals surface area (Å²) in [6.45, 7) is 0. The molecule has 1 aliphatic carbocycles. The van der Waals surface area contributed by atoms with Gasteiger partial charge in [0.25, 0.3) is 0 Å². The van der Waals surface area contributed by atoms with Crippen LogP contribution in [0.2, 0.25) is 0 Å². The molecule has 0 aliphatic heterocycles. The van der Waals surface area contributed by atoms with Gasteiger partial charge in [-0.15, -0.1) is 0 Å². The minimum Gasteiger partial charge on any atom is -0.0622 e. The second-order valence-electron chi connectivity index (χ2n) is 14.8. The van der Waals surface area contributed by atoms with Crippen LogP contribution in [0.4, 0.5) is 0 Å². The number of hydrogen-bond acceptors (Lipinski definition) is 0. The predicted molar refractivity (Wildman–Crippen MR) is 231 cm³/mol. The third-order valence-corrected chi connectivity index (χ3v) is 11.9. The summed E-state index contributed by atoms with van der Waals surface area (Å²) in [6, 6.07) is 72.3. The van der Waals surface area contributed by atoms with Gasteiger partial charge in [0, 0.05) is 0 Å². The molecule has 0 fully saturated rings. The van der Waals surface area contributed by atoms with Crippen LogP contribution in [-0.2, 0) is 0 Å². The molecule has 0 bridgehead atoms. The van der Waals surface area contributed by atoms with Crippen LogP contribution in [0.15, 0.2) is 194 Å². The lowest BCUT2D eigenvalue weighted by molar-refractivity contribution is 1.60. The van der Waals surface area contributed by atoms with Crippen molar-refractivity contribution in [3.8, 4) is 66.8 Å². The zero-order valence-electron chi connectivity index (χ0n) is 29.5. The van der Waals surface area contributed by atoms with Crippen LogP contribution in [0.25, 0.3) is 121 Å². The van der Waals surface area contributed by atoms with E-state index in [9.17, 15) is 0 Å². The molecule has 0 heterocycles. The van der Waals surface area contributed by atoms with Crippen molar-refractivity contribution in [2.24, 2.45) is 0 Å². The Morgan fingerprint density at radius 2 is 0.611 bits per heavy atom. The summed E-state index contributed by atoms with van der Waals surface area (Å²) in [5, 5.41) is 13.1. The van der Waals surface area contributed by atoms with E-state index in [-0.39, 0.29) is 0 Å². The lowest BCUT2D eigenvalue weighted by atomic mass is 9.81. The summed E-state index contributed by atoms with van der Waals surface area (Å²) in [5.74, 6) is 0. The van der Waals surface area contributed by atoms with Crippen LogP contribution < -0.4 is 0 Å². The van der Waals surface area contributed by atoms with E-state index in [1.165, 1.54) is 121 Å². The first-order valence-corrected chi connectivity index (χ1v) is 18.8. The fourth-order valence-electron chi connectivity index (χ4n) is 9.59. The third-order valence-electron chi connectivity index (χ3n) is 11.9. The quantitative estimate of drug-likeness (QED) is 0.128. The Hall–Kier alpha value is -7.02. The smallest absolute Gasteiger partial charge is 0.00137 e. The molecule has 54 heavy (non-hydrogen) atoms. The molecule has 1 aliphatic rings. The van der Waals surface area contributed by atoms with E-state index in [1.807, 2.05) is 0 Å². The molecular formula is C54H32. The van der Waals surface area contributed by atoms with Gasteiger partial charge in [0.05, 0.1) is 0 Å². The zero-order chi connectivity index (χ0) is 35.3. The van der Waals surface area contributed by atoms with Crippen LogP contribution in [0.3, 0.4) is 0 Å². The highest BCUT2D eigenvalue weighted by Gasteiger charge is 2.28. The minimum atomic E-state index is 1.22. The maximum atomic E-state index is 2.53. The lowest BCUT2D eigenvalue weighted by Crippen LogP contribution is -1.95.